The lowest BCUT2D eigenvalue weighted by atomic mass is 9.49. The van der Waals surface area contributed by atoms with Gasteiger partial charge < -0.3 is 9.84 Å². The standard InChI is InChI=1S/C19H24O4/c1-11-13(20)7-6-12-16(11)14(21)10-15-18(12,2)8-5-9-19(15,3)17(22)23-4/h6-7,15,20H,5,8-10H2,1-4H3/t15-,18-,19+/m1/s1. The number of hydrogen-bond acceptors (Lipinski definition) is 4. The molecule has 0 aromatic heterocycles. The summed E-state index contributed by atoms with van der Waals surface area (Å²) >= 11 is 0. The molecule has 23 heavy (non-hydrogen) atoms. The van der Waals surface area contributed by atoms with Gasteiger partial charge in [0.15, 0.2) is 5.78 Å². The Hall–Kier alpha value is -1.84. The number of phenolic OH excluding ortho intramolecular Hbond substituents is 1. The highest BCUT2D eigenvalue weighted by molar-refractivity contribution is 6.02. The van der Waals surface area contributed by atoms with Gasteiger partial charge in [-0.05, 0) is 49.7 Å². The molecule has 2 aliphatic carbocycles. The van der Waals surface area contributed by atoms with Crippen molar-refractivity contribution < 1.29 is 19.4 Å². The van der Waals surface area contributed by atoms with E-state index in [1.807, 2.05) is 13.0 Å². The molecule has 0 unspecified atom stereocenters. The summed E-state index contributed by atoms with van der Waals surface area (Å²) in [5.74, 6) is -0.112. The number of hydrogen-bond donors (Lipinski definition) is 1. The van der Waals surface area contributed by atoms with E-state index in [9.17, 15) is 14.7 Å². The minimum absolute atomic E-state index is 0.0212. The molecule has 124 valence electrons. The van der Waals surface area contributed by atoms with Gasteiger partial charge in [-0.15, -0.1) is 0 Å². The van der Waals surface area contributed by atoms with Crippen LogP contribution in [0.25, 0.3) is 0 Å². The second-order valence-electron chi connectivity index (χ2n) is 7.49. The zero-order chi connectivity index (χ0) is 17.0. The number of esters is 1. The number of ether oxygens (including phenoxy) is 1. The number of ketones is 1. The Morgan fingerprint density at radius 3 is 2.65 bits per heavy atom. The average molecular weight is 316 g/mol. The predicted octanol–water partition coefficient (Wildman–Crippen LogP) is 3.52. The molecule has 0 amide bonds. The van der Waals surface area contributed by atoms with E-state index >= 15 is 0 Å². The van der Waals surface area contributed by atoms with E-state index in [2.05, 4.69) is 6.92 Å². The van der Waals surface area contributed by atoms with Crippen LogP contribution in [0.15, 0.2) is 12.1 Å². The molecule has 1 aromatic rings. The molecule has 0 radical (unpaired) electrons. The molecule has 3 rings (SSSR count). The quantitative estimate of drug-likeness (QED) is 0.805. The molecule has 0 heterocycles. The summed E-state index contributed by atoms with van der Waals surface area (Å²) in [5, 5.41) is 9.98. The van der Waals surface area contributed by atoms with E-state index in [0.29, 0.717) is 17.5 Å². The molecule has 4 nitrogen and oxygen atoms in total. The van der Waals surface area contributed by atoms with E-state index in [1.54, 1.807) is 13.0 Å². The second-order valence-corrected chi connectivity index (χ2v) is 7.49. The van der Waals surface area contributed by atoms with Crippen LogP contribution in [-0.4, -0.2) is 24.0 Å². The van der Waals surface area contributed by atoms with Crippen LogP contribution in [0, 0.1) is 18.3 Å². The Bertz CT molecular complexity index is 693. The molecular weight excluding hydrogens is 292 g/mol. The zero-order valence-corrected chi connectivity index (χ0v) is 14.2. The molecule has 0 bridgehead atoms. The third-order valence-electron chi connectivity index (χ3n) is 6.30. The summed E-state index contributed by atoms with van der Waals surface area (Å²) in [7, 11) is 1.42. The zero-order valence-electron chi connectivity index (χ0n) is 14.2. The maximum atomic E-state index is 12.8. The van der Waals surface area contributed by atoms with Crippen molar-refractivity contribution in [2.24, 2.45) is 11.3 Å². The number of aromatic hydroxyl groups is 1. The Morgan fingerprint density at radius 1 is 1.30 bits per heavy atom. The highest BCUT2D eigenvalue weighted by atomic mass is 16.5. The van der Waals surface area contributed by atoms with Crippen LogP contribution < -0.4 is 0 Å². The van der Waals surface area contributed by atoms with Gasteiger partial charge in [-0.2, -0.15) is 0 Å². The first-order valence-corrected chi connectivity index (χ1v) is 8.20. The number of rotatable bonds is 1. The van der Waals surface area contributed by atoms with Gasteiger partial charge in [0.2, 0.25) is 0 Å². The maximum Gasteiger partial charge on any atom is 0.311 e. The average Bonchev–Trinajstić information content (AvgIpc) is 2.51. The number of benzene rings is 1. The molecule has 0 spiro atoms. The van der Waals surface area contributed by atoms with Crippen molar-refractivity contribution in [2.45, 2.75) is 51.9 Å². The Morgan fingerprint density at radius 2 is 2.00 bits per heavy atom. The minimum Gasteiger partial charge on any atom is -0.508 e. The van der Waals surface area contributed by atoms with Crippen LogP contribution in [-0.2, 0) is 14.9 Å². The van der Waals surface area contributed by atoms with Gasteiger partial charge in [0, 0.05) is 17.5 Å². The van der Waals surface area contributed by atoms with Crippen LogP contribution in [0.4, 0.5) is 0 Å². The lowest BCUT2D eigenvalue weighted by Crippen LogP contribution is -2.53. The Balaban J connectivity index is 2.21. The summed E-state index contributed by atoms with van der Waals surface area (Å²) in [6.45, 7) is 5.88. The van der Waals surface area contributed by atoms with Crippen molar-refractivity contribution >= 4 is 11.8 Å². The Labute approximate surface area is 136 Å². The van der Waals surface area contributed by atoms with Gasteiger partial charge in [-0.25, -0.2) is 0 Å². The molecule has 1 N–H and O–H groups in total. The van der Waals surface area contributed by atoms with Gasteiger partial charge in [0.25, 0.3) is 0 Å². The number of fused-ring (bicyclic) bond motifs is 3. The van der Waals surface area contributed by atoms with E-state index in [1.165, 1.54) is 7.11 Å². The fraction of sp³-hybridized carbons (Fsp3) is 0.579. The molecule has 0 saturated heterocycles. The summed E-state index contributed by atoms with van der Waals surface area (Å²) in [4.78, 5) is 25.2. The SMILES string of the molecule is COC(=O)[C@@]1(C)CCC[C@]2(C)c3ccc(O)c(C)c3C(=O)C[C@@H]12. The van der Waals surface area contributed by atoms with Crippen molar-refractivity contribution in [3.8, 4) is 5.75 Å². The van der Waals surface area contributed by atoms with Crippen LogP contribution >= 0.6 is 0 Å². The van der Waals surface area contributed by atoms with E-state index in [4.69, 9.17) is 4.74 Å². The number of phenols is 1. The third-order valence-corrected chi connectivity index (χ3v) is 6.30. The smallest absolute Gasteiger partial charge is 0.311 e. The molecule has 2 aliphatic rings. The van der Waals surface area contributed by atoms with Crippen LogP contribution in [0.3, 0.4) is 0 Å². The summed E-state index contributed by atoms with van der Waals surface area (Å²) in [6, 6.07) is 3.53. The molecule has 4 heteroatoms. The fourth-order valence-corrected chi connectivity index (χ4v) is 4.95. The van der Waals surface area contributed by atoms with Gasteiger partial charge in [0.05, 0.1) is 12.5 Å². The molecule has 0 aliphatic heterocycles. The van der Waals surface area contributed by atoms with E-state index < -0.39 is 5.41 Å². The molecular formula is C19H24O4. The summed E-state index contributed by atoms with van der Waals surface area (Å²) < 4.78 is 5.06. The van der Waals surface area contributed by atoms with Gasteiger partial charge >= 0.3 is 5.97 Å². The van der Waals surface area contributed by atoms with Crippen LogP contribution in [0.5, 0.6) is 5.75 Å². The number of carbonyl (C=O) groups excluding carboxylic acids is 2. The Kier molecular flexibility index (Phi) is 3.54. The summed E-state index contributed by atoms with van der Waals surface area (Å²) in [6.07, 6.45) is 2.94. The minimum atomic E-state index is -0.638. The lowest BCUT2D eigenvalue weighted by molar-refractivity contribution is -0.160. The van der Waals surface area contributed by atoms with Crippen molar-refractivity contribution in [1.82, 2.24) is 0 Å². The largest absolute Gasteiger partial charge is 0.508 e. The molecule has 1 fully saturated rings. The first-order valence-electron chi connectivity index (χ1n) is 8.20. The van der Waals surface area contributed by atoms with Crippen molar-refractivity contribution in [1.29, 1.82) is 0 Å². The van der Waals surface area contributed by atoms with Gasteiger partial charge in [0.1, 0.15) is 5.75 Å². The van der Waals surface area contributed by atoms with Gasteiger partial charge in [-0.1, -0.05) is 19.4 Å². The first kappa shape index (κ1) is 16.0. The molecule has 3 atom stereocenters. The van der Waals surface area contributed by atoms with E-state index in [0.717, 1.165) is 24.8 Å². The predicted molar refractivity (Wildman–Crippen MR) is 86.6 cm³/mol. The first-order chi connectivity index (χ1) is 10.8. The van der Waals surface area contributed by atoms with Crippen LogP contribution in [0.1, 0.15) is 61.0 Å². The summed E-state index contributed by atoms with van der Waals surface area (Å²) in [5.41, 5.74) is 1.39. The second kappa shape index (κ2) is 5.08. The van der Waals surface area contributed by atoms with Gasteiger partial charge in [-0.3, -0.25) is 9.59 Å². The normalized spacial score (nSPS) is 32.9. The van der Waals surface area contributed by atoms with Crippen molar-refractivity contribution in [3.05, 3.63) is 28.8 Å². The highest BCUT2D eigenvalue weighted by Gasteiger charge is 2.57. The van der Waals surface area contributed by atoms with Crippen molar-refractivity contribution in [3.63, 3.8) is 0 Å². The van der Waals surface area contributed by atoms with Crippen LogP contribution in [0.2, 0.25) is 0 Å². The number of Topliss-reactive ketones (excluding diaryl/α,β-unsaturated/α-hetero) is 1. The number of carbonyl (C=O) groups is 2. The lowest BCUT2D eigenvalue weighted by Gasteiger charge is -2.53. The molecule has 1 aromatic carbocycles. The monoisotopic (exact) mass is 316 g/mol. The maximum absolute atomic E-state index is 12.8. The van der Waals surface area contributed by atoms with E-state index in [-0.39, 0.29) is 28.8 Å². The highest BCUT2D eigenvalue weighted by Crippen LogP contribution is 2.58. The fourth-order valence-electron chi connectivity index (χ4n) is 4.95. The third kappa shape index (κ3) is 2.03. The van der Waals surface area contributed by atoms with Crippen molar-refractivity contribution in [2.75, 3.05) is 7.11 Å². The molecule has 1 saturated carbocycles. The topological polar surface area (TPSA) is 63.6 Å². The number of methoxy groups -OCH3 is 1.